The van der Waals surface area contributed by atoms with Crippen LogP contribution >= 0.6 is 11.8 Å². The zero-order chi connectivity index (χ0) is 18.9. The summed E-state index contributed by atoms with van der Waals surface area (Å²) in [6.45, 7) is 1.82. The number of thioether (sulfide) groups is 1. The minimum atomic E-state index is -1.21. The quantitative estimate of drug-likeness (QED) is 0.636. The molecular weight excluding hydrogens is 370 g/mol. The van der Waals surface area contributed by atoms with Crippen molar-refractivity contribution in [2.45, 2.75) is 24.0 Å². The number of carbonyl (C=O) groups is 2. The molecule has 0 aliphatic carbocycles. The Kier molecular flexibility index (Phi) is 7.87. The molecule has 2 N–H and O–H groups in total. The number of carbonyl (C=O) groups excluding carboxylic acids is 1. The standard InChI is InChI=1S/C19H21NO4S2/c1-2-26(24)17-9-4-3-8-16(17)19(23)20-15-7-5-6-14(12-15)13-25-11-10-18(21)22/h3-9,12H,2,10-11,13H2,1H3,(H,20,23)(H,21,22). The van der Waals surface area contributed by atoms with Gasteiger partial charge < -0.3 is 10.4 Å². The minimum absolute atomic E-state index is 0.131. The van der Waals surface area contributed by atoms with Crippen LogP contribution in [0.4, 0.5) is 5.69 Å². The molecule has 5 nitrogen and oxygen atoms in total. The predicted molar refractivity (Wildman–Crippen MR) is 106 cm³/mol. The molecule has 1 amide bonds. The fraction of sp³-hybridized carbons (Fsp3) is 0.263. The van der Waals surface area contributed by atoms with Crippen LogP contribution in [-0.2, 0) is 21.3 Å². The Labute approximate surface area is 159 Å². The van der Waals surface area contributed by atoms with E-state index in [2.05, 4.69) is 5.32 Å². The average molecular weight is 392 g/mol. The predicted octanol–water partition coefficient (Wildman–Crippen LogP) is 3.77. The van der Waals surface area contributed by atoms with Crippen molar-refractivity contribution >= 4 is 40.1 Å². The Bertz CT molecular complexity index is 808. The van der Waals surface area contributed by atoms with E-state index in [1.54, 1.807) is 30.3 Å². The normalized spacial score (nSPS) is 11.7. The van der Waals surface area contributed by atoms with Gasteiger partial charge in [-0.15, -0.1) is 0 Å². The summed E-state index contributed by atoms with van der Waals surface area (Å²) in [5.74, 6) is 0.572. The molecule has 1 unspecified atom stereocenters. The van der Waals surface area contributed by atoms with Gasteiger partial charge in [-0.25, -0.2) is 0 Å². The molecular formula is C19H21NO4S2. The molecule has 2 aromatic carbocycles. The van der Waals surface area contributed by atoms with Gasteiger partial charge in [0.15, 0.2) is 0 Å². The van der Waals surface area contributed by atoms with Crippen LogP contribution in [0.1, 0.15) is 29.3 Å². The van der Waals surface area contributed by atoms with Gasteiger partial charge >= 0.3 is 5.97 Å². The van der Waals surface area contributed by atoms with E-state index >= 15 is 0 Å². The van der Waals surface area contributed by atoms with Gasteiger partial charge in [0.25, 0.3) is 5.91 Å². The van der Waals surface area contributed by atoms with Crippen LogP contribution in [0.5, 0.6) is 0 Å². The van der Waals surface area contributed by atoms with Crippen LogP contribution in [0.15, 0.2) is 53.4 Å². The first-order valence-electron chi connectivity index (χ1n) is 8.18. The zero-order valence-electron chi connectivity index (χ0n) is 14.4. The molecule has 0 aliphatic heterocycles. The van der Waals surface area contributed by atoms with E-state index in [0.717, 1.165) is 5.56 Å². The Balaban J connectivity index is 2.05. The summed E-state index contributed by atoms with van der Waals surface area (Å²) in [4.78, 5) is 23.7. The van der Waals surface area contributed by atoms with Crippen molar-refractivity contribution < 1.29 is 18.9 Å². The molecule has 1 atom stereocenters. The lowest BCUT2D eigenvalue weighted by Crippen LogP contribution is -2.15. The number of anilines is 1. The minimum Gasteiger partial charge on any atom is -0.481 e. The molecule has 0 radical (unpaired) electrons. The summed E-state index contributed by atoms with van der Waals surface area (Å²) in [6.07, 6.45) is 0.131. The van der Waals surface area contributed by atoms with E-state index in [1.165, 1.54) is 11.8 Å². The lowest BCUT2D eigenvalue weighted by Gasteiger charge is -2.10. The highest BCUT2D eigenvalue weighted by atomic mass is 32.2. The molecule has 0 fully saturated rings. The van der Waals surface area contributed by atoms with Crippen molar-refractivity contribution in [3.05, 3.63) is 59.7 Å². The second-order valence-corrected chi connectivity index (χ2v) is 8.29. The van der Waals surface area contributed by atoms with Crippen LogP contribution in [0.25, 0.3) is 0 Å². The highest BCUT2D eigenvalue weighted by Gasteiger charge is 2.14. The van der Waals surface area contributed by atoms with E-state index in [0.29, 0.717) is 33.4 Å². The van der Waals surface area contributed by atoms with Crippen LogP contribution in [-0.4, -0.2) is 32.7 Å². The number of hydrogen-bond donors (Lipinski definition) is 2. The number of benzene rings is 2. The summed E-state index contributed by atoms with van der Waals surface area (Å²) in [7, 11) is -1.21. The summed E-state index contributed by atoms with van der Waals surface area (Å²) in [5.41, 5.74) is 2.07. The maximum absolute atomic E-state index is 12.6. The Hall–Kier alpha value is -2.12. The maximum atomic E-state index is 12.6. The Morgan fingerprint density at radius 2 is 1.92 bits per heavy atom. The van der Waals surface area contributed by atoms with Crippen molar-refractivity contribution in [3.8, 4) is 0 Å². The molecule has 26 heavy (non-hydrogen) atoms. The van der Waals surface area contributed by atoms with Gasteiger partial charge in [-0.05, 0) is 29.8 Å². The molecule has 0 aliphatic rings. The van der Waals surface area contributed by atoms with E-state index in [-0.39, 0.29) is 12.3 Å². The molecule has 0 bridgehead atoms. The first-order chi connectivity index (χ1) is 12.5. The topological polar surface area (TPSA) is 83.5 Å². The Morgan fingerprint density at radius 3 is 2.65 bits per heavy atom. The van der Waals surface area contributed by atoms with Crippen LogP contribution < -0.4 is 5.32 Å². The summed E-state index contributed by atoms with van der Waals surface area (Å²) < 4.78 is 12.1. The van der Waals surface area contributed by atoms with Gasteiger partial charge in [-0.2, -0.15) is 11.8 Å². The Morgan fingerprint density at radius 1 is 1.15 bits per heavy atom. The molecule has 0 saturated heterocycles. The number of carboxylic acids is 1. The molecule has 2 rings (SSSR count). The number of nitrogens with one attached hydrogen (secondary N) is 1. The third-order valence-corrected chi connectivity index (χ3v) is 5.95. The summed E-state index contributed by atoms with van der Waals surface area (Å²) in [6, 6.07) is 14.3. The molecule has 0 aromatic heterocycles. The van der Waals surface area contributed by atoms with E-state index < -0.39 is 16.8 Å². The molecule has 2 aromatic rings. The van der Waals surface area contributed by atoms with E-state index in [9.17, 15) is 13.8 Å². The summed E-state index contributed by atoms with van der Waals surface area (Å²) >= 11 is 1.53. The van der Waals surface area contributed by atoms with Crippen molar-refractivity contribution in [1.29, 1.82) is 0 Å². The van der Waals surface area contributed by atoms with Gasteiger partial charge in [0.2, 0.25) is 0 Å². The first-order valence-corrected chi connectivity index (χ1v) is 10.7. The largest absolute Gasteiger partial charge is 0.481 e. The number of rotatable bonds is 9. The average Bonchev–Trinajstić information content (AvgIpc) is 2.64. The van der Waals surface area contributed by atoms with Crippen LogP contribution in [0.2, 0.25) is 0 Å². The molecule has 0 spiro atoms. The van der Waals surface area contributed by atoms with Gasteiger partial charge in [0, 0.05) is 22.9 Å². The smallest absolute Gasteiger partial charge is 0.304 e. The van der Waals surface area contributed by atoms with Gasteiger partial charge in [-0.1, -0.05) is 31.2 Å². The second-order valence-electron chi connectivity index (χ2n) is 5.48. The summed E-state index contributed by atoms with van der Waals surface area (Å²) in [5, 5.41) is 11.5. The highest BCUT2D eigenvalue weighted by Crippen LogP contribution is 2.20. The SMILES string of the molecule is CCS(=O)c1ccccc1C(=O)Nc1cccc(CSCCC(=O)O)c1. The molecule has 0 heterocycles. The van der Waals surface area contributed by atoms with Crippen molar-refractivity contribution in [2.75, 3.05) is 16.8 Å². The maximum Gasteiger partial charge on any atom is 0.304 e. The van der Waals surface area contributed by atoms with Crippen molar-refractivity contribution in [2.24, 2.45) is 0 Å². The highest BCUT2D eigenvalue weighted by molar-refractivity contribution is 7.98. The first kappa shape index (κ1) is 20.2. The van der Waals surface area contributed by atoms with Crippen molar-refractivity contribution in [1.82, 2.24) is 0 Å². The van der Waals surface area contributed by atoms with Gasteiger partial charge in [-0.3, -0.25) is 13.8 Å². The number of amides is 1. The second kappa shape index (κ2) is 10.1. The van der Waals surface area contributed by atoms with Gasteiger partial charge in [0.1, 0.15) is 0 Å². The zero-order valence-corrected chi connectivity index (χ0v) is 16.1. The number of aliphatic carboxylic acids is 1. The van der Waals surface area contributed by atoms with Gasteiger partial charge in [0.05, 0.1) is 27.7 Å². The lowest BCUT2D eigenvalue weighted by molar-refractivity contribution is -0.136. The van der Waals surface area contributed by atoms with Crippen LogP contribution in [0, 0.1) is 0 Å². The molecule has 7 heteroatoms. The van der Waals surface area contributed by atoms with E-state index in [4.69, 9.17) is 5.11 Å². The fourth-order valence-corrected chi connectivity index (χ4v) is 4.12. The number of hydrogen-bond acceptors (Lipinski definition) is 4. The molecule has 138 valence electrons. The number of carboxylic acid groups (broad SMARTS) is 1. The molecule has 0 saturated carbocycles. The lowest BCUT2D eigenvalue weighted by atomic mass is 10.2. The van der Waals surface area contributed by atoms with Crippen LogP contribution in [0.3, 0.4) is 0 Å². The fourth-order valence-electron chi connectivity index (χ4n) is 2.30. The third-order valence-electron chi connectivity index (χ3n) is 3.55. The van der Waals surface area contributed by atoms with Crippen molar-refractivity contribution in [3.63, 3.8) is 0 Å². The van der Waals surface area contributed by atoms with E-state index in [1.807, 2.05) is 25.1 Å². The monoisotopic (exact) mass is 391 g/mol. The third kappa shape index (κ3) is 6.00.